The third-order valence-corrected chi connectivity index (χ3v) is 3.28. The molecule has 0 aliphatic carbocycles. The Bertz CT molecular complexity index is 641. The average Bonchev–Trinajstić information content (AvgIpc) is 2.71. The highest BCUT2D eigenvalue weighted by atomic mass is 16.4. The SMILES string of the molecule is Cc1[nH]n(-c2ccccc2)c(=O)c1CCCCC(=O)O. The minimum atomic E-state index is -0.794. The van der Waals surface area contributed by atoms with Crippen LogP contribution in [-0.2, 0) is 11.2 Å². The van der Waals surface area contributed by atoms with Gasteiger partial charge in [0.15, 0.2) is 0 Å². The number of nitrogens with one attached hydrogen (secondary N) is 1. The van der Waals surface area contributed by atoms with Crippen LogP contribution in [0, 0.1) is 6.92 Å². The van der Waals surface area contributed by atoms with Crippen LogP contribution < -0.4 is 5.56 Å². The standard InChI is InChI=1S/C15H18N2O3/c1-11-13(9-5-6-10-14(18)19)15(20)17(16-11)12-7-3-2-4-8-12/h2-4,7-8,16H,5-6,9-10H2,1H3,(H,18,19). The number of aliphatic carboxylic acids is 1. The number of aromatic nitrogens is 2. The smallest absolute Gasteiger partial charge is 0.303 e. The summed E-state index contributed by atoms with van der Waals surface area (Å²) in [6, 6.07) is 9.39. The molecule has 5 nitrogen and oxygen atoms in total. The first-order valence-electron chi connectivity index (χ1n) is 6.67. The van der Waals surface area contributed by atoms with Crippen molar-refractivity contribution in [3.8, 4) is 5.69 Å². The van der Waals surface area contributed by atoms with E-state index in [0.29, 0.717) is 19.3 Å². The van der Waals surface area contributed by atoms with Crippen molar-refractivity contribution in [2.45, 2.75) is 32.6 Å². The largest absolute Gasteiger partial charge is 0.481 e. The number of unbranched alkanes of at least 4 members (excludes halogenated alkanes) is 1. The Balaban J connectivity index is 2.14. The maximum Gasteiger partial charge on any atom is 0.303 e. The van der Waals surface area contributed by atoms with Gasteiger partial charge >= 0.3 is 5.97 Å². The van der Waals surface area contributed by atoms with Gasteiger partial charge in [-0.2, -0.15) is 0 Å². The van der Waals surface area contributed by atoms with Crippen molar-refractivity contribution in [1.82, 2.24) is 9.78 Å². The fourth-order valence-electron chi connectivity index (χ4n) is 2.21. The number of H-pyrrole nitrogens is 1. The number of carbonyl (C=O) groups is 1. The van der Waals surface area contributed by atoms with E-state index >= 15 is 0 Å². The molecule has 2 N–H and O–H groups in total. The van der Waals surface area contributed by atoms with Crippen LogP contribution in [0.15, 0.2) is 35.1 Å². The van der Waals surface area contributed by atoms with Crippen LogP contribution in [0.5, 0.6) is 0 Å². The van der Waals surface area contributed by atoms with Crippen molar-refractivity contribution >= 4 is 5.97 Å². The lowest BCUT2D eigenvalue weighted by Crippen LogP contribution is -2.17. The summed E-state index contributed by atoms with van der Waals surface area (Å²) in [7, 11) is 0. The number of carboxylic acids is 1. The molecule has 0 unspecified atom stereocenters. The van der Waals surface area contributed by atoms with Gasteiger partial charge in [0.05, 0.1) is 5.69 Å². The second kappa shape index (κ2) is 6.23. The molecule has 2 rings (SSSR count). The van der Waals surface area contributed by atoms with Gasteiger partial charge in [-0.1, -0.05) is 18.2 Å². The van der Waals surface area contributed by atoms with Gasteiger partial charge in [0, 0.05) is 17.7 Å². The number of aromatic amines is 1. The number of hydrogen-bond donors (Lipinski definition) is 2. The van der Waals surface area contributed by atoms with Crippen molar-refractivity contribution in [2.75, 3.05) is 0 Å². The number of para-hydroxylation sites is 1. The van der Waals surface area contributed by atoms with E-state index in [1.54, 1.807) is 0 Å². The molecular formula is C15H18N2O3. The van der Waals surface area contributed by atoms with Crippen LogP contribution in [-0.4, -0.2) is 20.9 Å². The second-order valence-corrected chi connectivity index (χ2v) is 4.79. The maximum absolute atomic E-state index is 12.3. The molecule has 0 fully saturated rings. The van der Waals surface area contributed by atoms with Crippen LogP contribution in [0.1, 0.15) is 30.5 Å². The molecule has 20 heavy (non-hydrogen) atoms. The van der Waals surface area contributed by atoms with Crippen LogP contribution >= 0.6 is 0 Å². The highest BCUT2D eigenvalue weighted by Gasteiger charge is 2.11. The maximum atomic E-state index is 12.3. The summed E-state index contributed by atoms with van der Waals surface area (Å²) in [4.78, 5) is 22.8. The Morgan fingerprint density at radius 2 is 1.95 bits per heavy atom. The molecule has 1 heterocycles. The molecule has 1 aromatic carbocycles. The summed E-state index contributed by atoms with van der Waals surface area (Å²) in [5.74, 6) is -0.794. The second-order valence-electron chi connectivity index (χ2n) is 4.79. The van der Waals surface area contributed by atoms with Gasteiger partial charge in [-0.15, -0.1) is 0 Å². The van der Waals surface area contributed by atoms with Crippen LogP contribution in [0.2, 0.25) is 0 Å². The van der Waals surface area contributed by atoms with Crippen molar-refractivity contribution in [3.63, 3.8) is 0 Å². The molecule has 0 aliphatic rings. The highest BCUT2D eigenvalue weighted by Crippen LogP contribution is 2.10. The number of hydrogen-bond acceptors (Lipinski definition) is 2. The first kappa shape index (κ1) is 14.1. The number of carboxylic acid groups (broad SMARTS) is 1. The zero-order valence-electron chi connectivity index (χ0n) is 11.4. The lowest BCUT2D eigenvalue weighted by molar-refractivity contribution is -0.137. The van der Waals surface area contributed by atoms with Crippen molar-refractivity contribution in [1.29, 1.82) is 0 Å². The van der Waals surface area contributed by atoms with Gasteiger partial charge in [-0.3, -0.25) is 14.7 Å². The molecular weight excluding hydrogens is 256 g/mol. The Labute approximate surface area is 116 Å². The average molecular weight is 274 g/mol. The number of aryl methyl sites for hydroxylation is 1. The monoisotopic (exact) mass is 274 g/mol. The summed E-state index contributed by atoms with van der Waals surface area (Å²) in [5, 5.41) is 11.7. The molecule has 5 heteroatoms. The van der Waals surface area contributed by atoms with Crippen molar-refractivity contribution in [3.05, 3.63) is 51.9 Å². The van der Waals surface area contributed by atoms with Gasteiger partial charge in [-0.05, 0) is 38.3 Å². The third-order valence-electron chi connectivity index (χ3n) is 3.28. The predicted octanol–water partition coefficient (Wildman–Crippen LogP) is 2.27. The molecule has 0 saturated carbocycles. The molecule has 1 aromatic heterocycles. The quantitative estimate of drug-likeness (QED) is 0.793. The van der Waals surface area contributed by atoms with Gasteiger partial charge in [-0.25, -0.2) is 4.68 Å². The molecule has 0 amide bonds. The van der Waals surface area contributed by atoms with E-state index in [4.69, 9.17) is 5.11 Å². The highest BCUT2D eigenvalue weighted by molar-refractivity contribution is 5.66. The summed E-state index contributed by atoms with van der Waals surface area (Å²) < 4.78 is 1.53. The normalized spacial score (nSPS) is 10.7. The molecule has 2 aromatic rings. The van der Waals surface area contributed by atoms with Crippen LogP contribution in [0.25, 0.3) is 5.69 Å². The number of benzene rings is 1. The molecule has 0 spiro atoms. The van der Waals surface area contributed by atoms with Gasteiger partial charge in [0.25, 0.3) is 5.56 Å². The van der Waals surface area contributed by atoms with E-state index in [2.05, 4.69) is 5.10 Å². The molecule has 0 saturated heterocycles. The van der Waals surface area contributed by atoms with Gasteiger partial charge < -0.3 is 5.11 Å². The Morgan fingerprint density at radius 1 is 1.25 bits per heavy atom. The predicted molar refractivity (Wildman–Crippen MR) is 76.3 cm³/mol. The molecule has 0 bridgehead atoms. The third kappa shape index (κ3) is 3.17. The van der Waals surface area contributed by atoms with Crippen molar-refractivity contribution in [2.24, 2.45) is 0 Å². The van der Waals surface area contributed by atoms with E-state index in [9.17, 15) is 9.59 Å². The van der Waals surface area contributed by atoms with E-state index in [1.807, 2.05) is 37.3 Å². The fraction of sp³-hybridized carbons (Fsp3) is 0.333. The summed E-state index contributed by atoms with van der Waals surface area (Å²) >= 11 is 0. The Morgan fingerprint density at radius 3 is 2.60 bits per heavy atom. The van der Waals surface area contributed by atoms with Crippen LogP contribution in [0.4, 0.5) is 0 Å². The van der Waals surface area contributed by atoms with Crippen LogP contribution in [0.3, 0.4) is 0 Å². The van der Waals surface area contributed by atoms with Gasteiger partial charge in [0.2, 0.25) is 0 Å². The number of nitrogens with zero attached hydrogens (tertiary/aromatic N) is 1. The summed E-state index contributed by atoms with van der Waals surface area (Å²) in [5.41, 5.74) is 2.33. The van der Waals surface area contributed by atoms with E-state index in [0.717, 1.165) is 16.9 Å². The summed E-state index contributed by atoms with van der Waals surface area (Å²) in [6.07, 6.45) is 2.05. The van der Waals surface area contributed by atoms with E-state index in [1.165, 1.54) is 4.68 Å². The van der Waals surface area contributed by atoms with E-state index in [-0.39, 0.29) is 12.0 Å². The van der Waals surface area contributed by atoms with E-state index < -0.39 is 5.97 Å². The molecule has 0 atom stereocenters. The minimum Gasteiger partial charge on any atom is -0.481 e. The lowest BCUT2D eigenvalue weighted by Gasteiger charge is -1.99. The first-order chi connectivity index (χ1) is 9.59. The van der Waals surface area contributed by atoms with Gasteiger partial charge in [0.1, 0.15) is 0 Å². The minimum absolute atomic E-state index is 0.0518. The molecule has 0 aliphatic heterocycles. The molecule has 0 radical (unpaired) electrons. The lowest BCUT2D eigenvalue weighted by atomic mass is 10.1. The topological polar surface area (TPSA) is 75.1 Å². The molecule has 106 valence electrons. The fourth-order valence-corrected chi connectivity index (χ4v) is 2.21. The van der Waals surface area contributed by atoms with Crippen molar-refractivity contribution < 1.29 is 9.90 Å². The summed E-state index contributed by atoms with van der Waals surface area (Å²) in [6.45, 7) is 1.87. The number of rotatable bonds is 6. The Hall–Kier alpha value is -2.30. The zero-order valence-corrected chi connectivity index (χ0v) is 11.4. The first-order valence-corrected chi connectivity index (χ1v) is 6.67. The Kier molecular flexibility index (Phi) is 4.40. The zero-order chi connectivity index (χ0) is 14.5.